The number of hydrogen-bond acceptors (Lipinski definition) is 3. The molecule has 0 fully saturated rings. The van der Waals surface area contributed by atoms with Gasteiger partial charge in [0.15, 0.2) is 0 Å². The smallest absolute Gasteiger partial charge is 0.220 e. The van der Waals surface area contributed by atoms with E-state index >= 15 is 0 Å². The molecule has 2 unspecified atom stereocenters. The number of allylic oxidation sites excluding steroid dienone is 9. The summed E-state index contributed by atoms with van der Waals surface area (Å²) in [5, 5.41) is 22.3. The Kier molecular flexibility index (Phi) is 32.1. The second-order valence-electron chi connectivity index (χ2n) is 11.6. The first kappa shape index (κ1) is 40.1. The maximum absolute atomic E-state index is 12.1. The first-order valence-electron chi connectivity index (χ1n) is 17.5. The van der Waals surface area contributed by atoms with E-state index in [1.54, 1.807) is 6.08 Å². The van der Waals surface area contributed by atoms with Crippen LogP contribution in [0.4, 0.5) is 0 Å². The molecule has 0 aromatic carbocycles. The Bertz CT molecular complexity index is 722. The third-order valence-corrected chi connectivity index (χ3v) is 7.49. The summed E-state index contributed by atoms with van der Waals surface area (Å²) in [6.45, 7) is 3.98. The molecule has 0 bridgehead atoms. The highest BCUT2D eigenvalue weighted by atomic mass is 16.3. The van der Waals surface area contributed by atoms with Crippen LogP contribution >= 0.6 is 0 Å². The molecule has 0 aliphatic rings. The van der Waals surface area contributed by atoms with Gasteiger partial charge >= 0.3 is 0 Å². The highest BCUT2D eigenvalue weighted by molar-refractivity contribution is 5.76. The SMILES string of the molecule is CC/C=C\C/C=C\C/C=C\C/C=C\CCCCCCCCCCCCCCCCC(=O)NC(CO)C(O)/C=C/CCC. The molecule has 3 N–H and O–H groups in total. The van der Waals surface area contributed by atoms with Crippen molar-refractivity contribution in [2.75, 3.05) is 6.61 Å². The van der Waals surface area contributed by atoms with Gasteiger partial charge in [-0.3, -0.25) is 4.79 Å². The number of amides is 1. The summed E-state index contributed by atoms with van der Waals surface area (Å²) in [5.41, 5.74) is 0. The van der Waals surface area contributed by atoms with E-state index in [1.165, 1.54) is 83.5 Å². The molecule has 242 valence electrons. The van der Waals surface area contributed by atoms with Gasteiger partial charge in [-0.1, -0.05) is 158 Å². The lowest BCUT2D eigenvalue weighted by atomic mass is 10.0. The molecule has 0 saturated carbocycles. The Morgan fingerprint density at radius 3 is 1.52 bits per heavy atom. The van der Waals surface area contributed by atoms with Crippen LogP contribution in [0.1, 0.15) is 155 Å². The molecule has 0 aromatic heterocycles. The molecule has 0 saturated heterocycles. The van der Waals surface area contributed by atoms with E-state index in [0.29, 0.717) is 6.42 Å². The van der Waals surface area contributed by atoms with Crippen LogP contribution in [0.25, 0.3) is 0 Å². The Morgan fingerprint density at radius 2 is 1.05 bits per heavy atom. The topological polar surface area (TPSA) is 69.6 Å². The van der Waals surface area contributed by atoms with Crippen molar-refractivity contribution < 1.29 is 15.0 Å². The van der Waals surface area contributed by atoms with Crippen molar-refractivity contribution in [3.8, 4) is 0 Å². The van der Waals surface area contributed by atoms with E-state index in [1.807, 2.05) is 6.08 Å². The zero-order valence-electron chi connectivity index (χ0n) is 27.5. The number of aliphatic hydroxyl groups excluding tert-OH is 2. The van der Waals surface area contributed by atoms with Crippen molar-refractivity contribution in [1.29, 1.82) is 0 Å². The minimum atomic E-state index is -0.836. The molecule has 42 heavy (non-hydrogen) atoms. The normalized spacial score (nSPS) is 13.9. The van der Waals surface area contributed by atoms with Crippen molar-refractivity contribution in [2.45, 2.75) is 167 Å². The van der Waals surface area contributed by atoms with Crippen molar-refractivity contribution in [3.63, 3.8) is 0 Å². The fraction of sp³-hybridized carbons (Fsp3) is 0.711. The molecule has 0 spiro atoms. The summed E-state index contributed by atoms with van der Waals surface area (Å²) in [5.74, 6) is -0.0807. The molecule has 0 aliphatic heterocycles. The van der Waals surface area contributed by atoms with Crippen LogP contribution in [0.5, 0.6) is 0 Å². The van der Waals surface area contributed by atoms with Gasteiger partial charge in [0, 0.05) is 6.42 Å². The number of carbonyl (C=O) groups excluding carboxylic acids is 1. The van der Waals surface area contributed by atoms with E-state index in [9.17, 15) is 15.0 Å². The Balaban J connectivity index is 3.42. The lowest BCUT2D eigenvalue weighted by Gasteiger charge is -2.19. The third kappa shape index (κ3) is 29.6. The van der Waals surface area contributed by atoms with Gasteiger partial charge in [0.25, 0.3) is 0 Å². The monoisotopic (exact) mass is 586 g/mol. The van der Waals surface area contributed by atoms with Gasteiger partial charge in [-0.15, -0.1) is 0 Å². The molecule has 0 aliphatic carbocycles. The van der Waals surface area contributed by atoms with Crippen LogP contribution in [0.2, 0.25) is 0 Å². The average molecular weight is 586 g/mol. The number of nitrogens with one attached hydrogen (secondary N) is 1. The van der Waals surface area contributed by atoms with Gasteiger partial charge in [-0.2, -0.15) is 0 Å². The van der Waals surface area contributed by atoms with E-state index in [2.05, 4.69) is 67.8 Å². The number of rotatable bonds is 30. The van der Waals surface area contributed by atoms with Gasteiger partial charge < -0.3 is 15.5 Å². The molecule has 0 rings (SSSR count). The van der Waals surface area contributed by atoms with Crippen molar-refractivity contribution >= 4 is 5.91 Å². The molecular formula is C38H67NO3. The van der Waals surface area contributed by atoms with E-state index in [4.69, 9.17) is 0 Å². The van der Waals surface area contributed by atoms with Crippen LogP contribution in [0.3, 0.4) is 0 Å². The van der Waals surface area contributed by atoms with Gasteiger partial charge in [0.1, 0.15) is 0 Å². The van der Waals surface area contributed by atoms with Gasteiger partial charge in [0.2, 0.25) is 5.91 Å². The standard InChI is InChI=1S/C38H67NO3/c1-3-5-7-8-9-10-11-12-13-14-15-16-17-18-19-20-21-22-23-24-25-26-27-28-29-30-32-34-38(42)39-36(35-40)37(41)33-31-6-4-2/h5,7,9-10,12-13,15-16,31,33,36-37,40-41H,3-4,6,8,11,14,17-30,32,34-35H2,1-2H3,(H,39,42)/b7-5-,10-9-,13-12-,16-15-,33-31+. The first-order valence-corrected chi connectivity index (χ1v) is 17.5. The quantitative estimate of drug-likeness (QED) is 0.0580. The zero-order valence-corrected chi connectivity index (χ0v) is 27.5. The molecular weight excluding hydrogens is 518 g/mol. The minimum absolute atomic E-state index is 0.0807. The second-order valence-corrected chi connectivity index (χ2v) is 11.6. The van der Waals surface area contributed by atoms with Crippen LogP contribution in [0, 0.1) is 0 Å². The molecule has 0 heterocycles. The maximum atomic E-state index is 12.1. The fourth-order valence-corrected chi connectivity index (χ4v) is 4.82. The van der Waals surface area contributed by atoms with Crippen LogP contribution in [-0.4, -0.2) is 34.9 Å². The summed E-state index contributed by atoms with van der Waals surface area (Å²) in [6.07, 6.45) is 46.6. The fourth-order valence-electron chi connectivity index (χ4n) is 4.82. The lowest BCUT2D eigenvalue weighted by molar-refractivity contribution is -0.123. The molecule has 0 radical (unpaired) electrons. The van der Waals surface area contributed by atoms with E-state index in [-0.39, 0.29) is 12.5 Å². The molecule has 0 aromatic rings. The average Bonchev–Trinajstić information content (AvgIpc) is 2.99. The van der Waals surface area contributed by atoms with Crippen molar-refractivity contribution in [1.82, 2.24) is 5.32 Å². The summed E-state index contributed by atoms with van der Waals surface area (Å²) in [4.78, 5) is 12.1. The molecule has 2 atom stereocenters. The summed E-state index contributed by atoms with van der Waals surface area (Å²) < 4.78 is 0. The zero-order chi connectivity index (χ0) is 30.8. The predicted octanol–water partition coefficient (Wildman–Crippen LogP) is 10.2. The van der Waals surface area contributed by atoms with Crippen molar-refractivity contribution in [2.24, 2.45) is 0 Å². The number of unbranched alkanes of at least 4 members (excludes halogenated alkanes) is 15. The first-order chi connectivity index (χ1) is 20.7. The highest BCUT2D eigenvalue weighted by Crippen LogP contribution is 2.14. The third-order valence-electron chi connectivity index (χ3n) is 7.49. The molecule has 4 heteroatoms. The lowest BCUT2D eigenvalue weighted by Crippen LogP contribution is -2.45. The number of carbonyl (C=O) groups is 1. The van der Waals surface area contributed by atoms with Gasteiger partial charge in [-0.05, 0) is 51.4 Å². The predicted molar refractivity (Wildman–Crippen MR) is 184 cm³/mol. The summed E-state index contributed by atoms with van der Waals surface area (Å²) >= 11 is 0. The summed E-state index contributed by atoms with van der Waals surface area (Å²) in [7, 11) is 0. The van der Waals surface area contributed by atoms with Crippen LogP contribution in [0.15, 0.2) is 60.8 Å². The number of hydrogen-bond donors (Lipinski definition) is 3. The number of aliphatic hydroxyl groups is 2. The molecule has 4 nitrogen and oxygen atoms in total. The molecule has 1 amide bonds. The Labute approximate surface area is 260 Å². The van der Waals surface area contributed by atoms with E-state index in [0.717, 1.165) is 51.4 Å². The van der Waals surface area contributed by atoms with E-state index < -0.39 is 12.1 Å². The van der Waals surface area contributed by atoms with Gasteiger partial charge in [0.05, 0.1) is 18.8 Å². The second kappa shape index (κ2) is 33.6. The Morgan fingerprint density at radius 1 is 0.595 bits per heavy atom. The highest BCUT2D eigenvalue weighted by Gasteiger charge is 2.17. The largest absolute Gasteiger partial charge is 0.394 e. The minimum Gasteiger partial charge on any atom is -0.394 e. The summed E-state index contributed by atoms with van der Waals surface area (Å²) in [6, 6.07) is -0.618. The van der Waals surface area contributed by atoms with Crippen molar-refractivity contribution in [3.05, 3.63) is 60.8 Å². The van der Waals surface area contributed by atoms with Crippen LogP contribution in [-0.2, 0) is 4.79 Å². The van der Waals surface area contributed by atoms with Gasteiger partial charge in [-0.25, -0.2) is 0 Å². The van der Waals surface area contributed by atoms with Crippen LogP contribution < -0.4 is 5.32 Å². The Hall–Kier alpha value is -1.91. The maximum Gasteiger partial charge on any atom is 0.220 e.